The third-order valence-corrected chi connectivity index (χ3v) is 6.19. The van der Waals surface area contributed by atoms with E-state index in [1.807, 2.05) is 15.9 Å². The largest absolute Gasteiger partial charge is 0.336 e. The molecule has 0 radical (unpaired) electrons. The lowest BCUT2D eigenvalue weighted by molar-refractivity contribution is 0.0746. The molecule has 1 saturated heterocycles. The molecule has 1 fully saturated rings. The second kappa shape index (κ2) is 8.58. The minimum atomic E-state index is -0.0103. The summed E-state index contributed by atoms with van der Waals surface area (Å²) in [5.74, 6) is 1.01. The van der Waals surface area contributed by atoms with Crippen LogP contribution in [0.2, 0.25) is 15.1 Å². The van der Waals surface area contributed by atoms with E-state index in [2.05, 4.69) is 15.1 Å². The fourth-order valence-corrected chi connectivity index (χ4v) is 4.21. The number of nitrogens with zero attached hydrogens (tertiary/aromatic N) is 6. The summed E-state index contributed by atoms with van der Waals surface area (Å²) in [5, 5.41) is 6.42. The van der Waals surface area contributed by atoms with Gasteiger partial charge in [0.15, 0.2) is 0 Å². The summed E-state index contributed by atoms with van der Waals surface area (Å²) in [6, 6.07) is 14.0. The van der Waals surface area contributed by atoms with Crippen molar-refractivity contribution in [3.63, 3.8) is 0 Å². The monoisotopic (exact) mass is 486 g/mol. The van der Waals surface area contributed by atoms with Crippen molar-refractivity contribution in [1.82, 2.24) is 24.5 Å². The first-order valence-corrected chi connectivity index (χ1v) is 11.1. The number of anilines is 1. The fourth-order valence-electron chi connectivity index (χ4n) is 3.70. The highest BCUT2D eigenvalue weighted by molar-refractivity contribution is 6.35. The quantitative estimate of drug-likeness (QED) is 0.418. The zero-order valence-electron chi connectivity index (χ0n) is 16.8. The highest BCUT2D eigenvalue weighted by Crippen LogP contribution is 2.30. The molecule has 1 amide bonds. The van der Waals surface area contributed by atoms with Crippen molar-refractivity contribution in [3.8, 4) is 11.3 Å². The highest BCUT2D eigenvalue weighted by atomic mass is 35.5. The Kier molecular flexibility index (Phi) is 5.63. The second-order valence-electron chi connectivity index (χ2n) is 7.36. The molecule has 0 atom stereocenters. The first-order valence-electron chi connectivity index (χ1n) is 9.96. The van der Waals surface area contributed by atoms with Gasteiger partial charge in [0, 0.05) is 53.5 Å². The van der Waals surface area contributed by atoms with Crippen LogP contribution in [0, 0.1) is 0 Å². The number of aromatic nitrogens is 4. The lowest BCUT2D eigenvalue weighted by atomic mass is 10.1. The molecule has 2 aromatic heterocycles. The maximum atomic E-state index is 12.8. The Labute approximate surface area is 199 Å². The molecule has 1 aliphatic heterocycles. The molecule has 1 aliphatic rings. The number of benzene rings is 2. The topological polar surface area (TPSA) is 66.6 Å². The van der Waals surface area contributed by atoms with Gasteiger partial charge in [0.2, 0.25) is 5.95 Å². The van der Waals surface area contributed by atoms with Crippen LogP contribution in [0.1, 0.15) is 10.4 Å². The van der Waals surface area contributed by atoms with Gasteiger partial charge >= 0.3 is 0 Å². The second-order valence-corrected chi connectivity index (χ2v) is 8.64. The van der Waals surface area contributed by atoms with Crippen molar-refractivity contribution in [2.45, 2.75) is 0 Å². The molecular formula is C22H17Cl3N6O. The number of piperazine rings is 1. The van der Waals surface area contributed by atoms with E-state index in [1.165, 1.54) is 0 Å². The first kappa shape index (κ1) is 21.0. The standard InChI is InChI=1S/C22H17Cl3N6O/c23-15-3-1-14(2-4-15)20(32)29-9-11-30(12-10-29)22-27-21-26-8-7-19(31(21)28-22)17-13-16(24)5-6-18(17)25/h1-8,13H,9-12H2. The highest BCUT2D eigenvalue weighted by Gasteiger charge is 2.25. The van der Waals surface area contributed by atoms with Crippen LogP contribution >= 0.6 is 34.8 Å². The average molecular weight is 488 g/mol. The van der Waals surface area contributed by atoms with E-state index >= 15 is 0 Å². The molecule has 3 heterocycles. The molecule has 32 heavy (non-hydrogen) atoms. The van der Waals surface area contributed by atoms with Gasteiger partial charge in [-0.25, -0.2) is 4.98 Å². The summed E-state index contributed by atoms with van der Waals surface area (Å²) in [4.78, 5) is 25.5. The van der Waals surface area contributed by atoms with Gasteiger partial charge in [-0.15, -0.1) is 5.10 Å². The van der Waals surface area contributed by atoms with Crippen LogP contribution in [-0.4, -0.2) is 56.6 Å². The number of fused-ring (bicyclic) bond motifs is 1. The summed E-state index contributed by atoms with van der Waals surface area (Å²) in [7, 11) is 0. The van der Waals surface area contributed by atoms with Crippen LogP contribution in [-0.2, 0) is 0 Å². The molecule has 4 aromatic rings. The van der Waals surface area contributed by atoms with Gasteiger partial charge < -0.3 is 9.80 Å². The van der Waals surface area contributed by atoms with Crippen LogP contribution in [0.3, 0.4) is 0 Å². The number of rotatable bonds is 3. The van der Waals surface area contributed by atoms with Crippen molar-refractivity contribution in [2.75, 3.05) is 31.1 Å². The molecule has 0 saturated carbocycles. The fraction of sp³-hybridized carbons (Fsp3) is 0.182. The van der Waals surface area contributed by atoms with Crippen LogP contribution in [0.25, 0.3) is 17.0 Å². The molecule has 2 aromatic carbocycles. The van der Waals surface area contributed by atoms with Crippen LogP contribution < -0.4 is 4.90 Å². The molecule has 10 heteroatoms. The SMILES string of the molecule is O=C(c1ccc(Cl)cc1)N1CCN(c2nc3nccc(-c4cc(Cl)ccc4Cl)n3n2)CC1. The van der Waals surface area contributed by atoms with E-state index in [0.29, 0.717) is 58.5 Å². The third kappa shape index (κ3) is 3.99. The van der Waals surface area contributed by atoms with Crippen LogP contribution in [0.4, 0.5) is 5.95 Å². The minimum absolute atomic E-state index is 0.0103. The predicted octanol–water partition coefficient (Wildman–Crippen LogP) is 4.71. The number of carbonyl (C=O) groups excluding carboxylic acids is 1. The molecule has 5 rings (SSSR count). The average Bonchev–Trinajstić information content (AvgIpc) is 3.25. The maximum Gasteiger partial charge on any atom is 0.254 e. The summed E-state index contributed by atoms with van der Waals surface area (Å²) in [5.41, 5.74) is 2.13. The van der Waals surface area contributed by atoms with Crippen molar-refractivity contribution in [2.24, 2.45) is 0 Å². The zero-order chi connectivity index (χ0) is 22.2. The lowest BCUT2D eigenvalue weighted by Gasteiger charge is -2.34. The minimum Gasteiger partial charge on any atom is -0.336 e. The Morgan fingerprint density at radius 2 is 1.59 bits per heavy atom. The van der Waals surface area contributed by atoms with E-state index in [0.717, 1.165) is 11.3 Å². The Balaban J connectivity index is 1.37. The van der Waals surface area contributed by atoms with Gasteiger partial charge in [0.25, 0.3) is 11.7 Å². The van der Waals surface area contributed by atoms with Crippen molar-refractivity contribution in [3.05, 3.63) is 75.4 Å². The number of carbonyl (C=O) groups is 1. The molecule has 7 nitrogen and oxygen atoms in total. The molecule has 0 spiro atoms. The normalized spacial score (nSPS) is 14.2. The number of hydrogen-bond donors (Lipinski definition) is 0. The predicted molar refractivity (Wildman–Crippen MR) is 126 cm³/mol. The number of amides is 1. The van der Waals surface area contributed by atoms with E-state index in [4.69, 9.17) is 34.8 Å². The van der Waals surface area contributed by atoms with E-state index < -0.39 is 0 Å². The Morgan fingerprint density at radius 3 is 2.34 bits per heavy atom. The van der Waals surface area contributed by atoms with Gasteiger partial charge in [-0.3, -0.25) is 4.79 Å². The van der Waals surface area contributed by atoms with Gasteiger partial charge in [0.1, 0.15) is 0 Å². The van der Waals surface area contributed by atoms with Gasteiger partial charge in [-0.2, -0.15) is 9.50 Å². The first-order chi connectivity index (χ1) is 15.5. The van der Waals surface area contributed by atoms with Crippen molar-refractivity contribution < 1.29 is 4.79 Å². The van der Waals surface area contributed by atoms with E-state index in [1.54, 1.807) is 53.2 Å². The summed E-state index contributed by atoms with van der Waals surface area (Å²) < 4.78 is 1.66. The van der Waals surface area contributed by atoms with Gasteiger partial charge in [-0.1, -0.05) is 34.8 Å². The number of halogens is 3. The van der Waals surface area contributed by atoms with Gasteiger partial charge in [0.05, 0.1) is 10.7 Å². The molecular weight excluding hydrogens is 471 g/mol. The van der Waals surface area contributed by atoms with E-state index in [-0.39, 0.29) is 5.91 Å². The summed E-state index contributed by atoms with van der Waals surface area (Å²) >= 11 is 18.5. The van der Waals surface area contributed by atoms with Crippen molar-refractivity contribution >= 4 is 52.4 Å². The Hall–Kier alpha value is -2.87. The molecule has 0 N–H and O–H groups in total. The maximum absolute atomic E-state index is 12.8. The lowest BCUT2D eigenvalue weighted by Crippen LogP contribution is -2.49. The number of hydrogen-bond acceptors (Lipinski definition) is 5. The molecule has 0 aliphatic carbocycles. The summed E-state index contributed by atoms with van der Waals surface area (Å²) in [6.07, 6.45) is 1.67. The van der Waals surface area contributed by atoms with E-state index in [9.17, 15) is 4.79 Å². The summed E-state index contributed by atoms with van der Waals surface area (Å²) in [6.45, 7) is 2.36. The Morgan fingerprint density at radius 1 is 0.875 bits per heavy atom. The molecule has 162 valence electrons. The van der Waals surface area contributed by atoms with Crippen LogP contribution in [0.15, 0.2) is 54.7 Å². The van der Waals surface area contributed by atoms with Crippen molar-refractivity contribution in [1.29, 1.82) is 0 Å². The zero-order valence-corrected chi connectivity index (χ0v) is 19.0. The Bertz CT molecular complexity index is 1300. The third-order valence-electron chi connectivity index (χ3n) is 5.37. The molecule has 0 unspecified atom stereocenters. The smallest absolute Gasteiger partial charge is 0.254 e. The van der Waals surface area contributed by atoms with Crippen LogP contribution in [0.5, 0.6) is 0 Å². The molecule has 0 bridgehead atoms. The van der Waals surface area contributed by atoms with Gasteiger partial charge in [-0.05, 0) is 48.5 Å².